The number of benzene rings is 2. The minimum atomic E-state index is -0.773. The van der Waals surface area contributed by atoms with Gasteiger partial charge >= 0.3 is 0 Å². The van der Waals surface area contributed by atoms with Gasteiger partial charge in [0.25, 0.3) is 0 Å². The molecule has 1 heterocycles. The van der Waals surface area contributed by atoms with Crippen LogP contribution in [0.4, 0.5) is 0 Å². The first-order valence-corrected chi connectivity index (χ1v) is 9.55. The van der Waals surface area contributed by atoms with Crippen LogP contribution in [0.15, 0.2) is 65.5 Å². The smallest absolute Gasteiger partial charge is 0.161 e. The molecule has 0 aliphatic rings. The van der Waals surface area contributed by atoms with Crippen molar-refractivity contribution in [1.29, 1.82) is 0 Å². The summed E-state index contributed by atoms with van der Waals surface area (Å²) in [5, 5.41) is 14.2. The van der Waals surface area contributed by atoms with Gasteiger partial charge in [0, 0.05) is 11.1 Å². The van der Waals surface area contributed by atoms with E-state index in [2.05, 4.69) is 5.32 Å². The van der Waals surface area contributed by atoms with Gasteiger partial charge < -0.3 is 29.1 Å². The number of para-hydroxylation sites is 1. The highest BCUT2D eigenvalue weighted by Gasteiger charge is 2.23. The Balaban J connectivity index is 1.77. The fraction of sp³-hybridized carbons (Fsp3) is 0.304. The van der Waals surface area contributed by atoms with Gasteiger partial charge in [-0.3, -0.25) is 0 Å². The van der Waals surface area contributed by atoms with Crippen LogP contribution < -0.4 is 19.5 Å². The summed E-state index contributed by atoms with van der Waals surface area (Å²) in [5.74, 6) is 1.95. The average Bonchev–Trinajstić information content (AvgIpc) is 3.30. The number of nitrogens with one attached hydrogen (secondary N) is 1. The molecule has 6 heteroatoms. The second-order valence-corrected chi connectivity index (χ2v) is 6.54. The summed E-state index contributed by atoms with van der Waals surface area (Å²) in [7, 11) is 3.19. The zero-order valence-corrected chi connectivity index (χ0v) is 16.9. The fourth-order valence-corrected chi connectivity index (χ4v) is 3.26. The van der Waals surface area contributed by atoms with E-state index in [0.717, 1.165) is 16.7 Å². The normalized spacial score (nSPS) is 13.0. The maximum atomic E-state index is 10.9. The van der Waals surface area contributed by atoms with Gasteiger partial charge in [-0.2, -0.15) is 0 Å². The first-order valence-electron chi connectivity index (χ1n) is 9.55. The number of rotatable bonds is 10. The van der Waals surface area contributed by atoms with Crippen LogP contribution in [-0.2, 0) is 0 Å². The van der Waals surface area contributed by atoms with E-state index in [1.54, 1.807) is 26.7 Å². The SMILES string of the molecule is CCNC(c1ccc(OC)c(OC)c1)C(O)COc1ccccc1-c1ccoc1. The molecule has 1 aromatic heterocycles. The molecule has 0 aliphatic heterocycles. The summed E-state index contributed by atoms with van der Waals surface area (Å²) in [6, 6.07) is 14.9. The average molecular weight is 397 g/mol. The summed E-state index contributed by atoms with van der Waals surface area (Å²) in [6.07, 6.45) is 2.52. The molecule has 6 nitrogen and oxygen atoms in total. The molecule has 29 heavy (non-hydrogen) atoms. The van der Waals surface area contributed by atoms with Gasteiger partial charge in [-0.05, 0) is 36.4 Å². The minimum absolute atomic E-state index is 0.126. The molecule has 2 atom stereocenters. The quantitative estimate of drug-likeness (QED) is 0.538. The number of hydrogen-bond acceptors (Lipinski definition) is 6. The predicted molar refractivity (Wildman–Crippen MR) is 112 cm³/mol. The fourth-order valence-electron chi connectivity index (χ4n) is 3.26. The summed E-state index contributed by atoms with van der Waals surface area (Å²) >= 11 is 0. The van der Waals surface area contributed by atoms with Gasteiger partial charge in [-0.1, -0.05) is 31.2 Å². The Morgan fingerprint density at radius 3 is 2.48 bits per heavy atom. The Morgan fingerprint density at radius 2 is 1.79 bits per heavy atom. The third kappa shape index (κ3) is 4.91. The predicted octanol–water partition coefficient (Wildman–Crippen LogP) is 4.05. The van der Waals surface area contributed by atoms with Gasteiger partial charge in [0.15, 0.2) is 11.5 Å². The molecule has 3 aromatic rings. The van der Waals surface area contributed by atoms with Crippen molar-refractivity contribution < 1.29 is 23.7 Å². The summed E-state index contributed by atoms with van der Waals surface area (Å²) in [5.41, 5.74) is 2.74. The van der Waals surface area contributed by atoms with Crippen LogP contribution in [0.25, 0.3) is 11.1 Å². The van der Waals surface area contributed by atoms with Crippen LogP contribution in [0.1, 0.15) is 18.5 Å². The van der Waals surface area contributed by atoms with Crippen LogP contribution in [0.2, 0.25) is 0 Å². The molecule has 2 N–H and O–H groups in total. The van der Waals surface area contributed by atoms with E-state index in [1.807, 2.05) is 55.5 Å². The van der Waals surface area contributed by atoms with E-state index >= 15 is 0 Å². The van der Waals surface area contributed by atoms with E-state index < -0.39 is 6.10 Å². The maximum Gasteiger partial charge on any atom is 0.161 e. The van der Waals surface area contributed by atoms with Gasteiger partial charge in [0.05, 0.1) is 32.8 Å². The van der Waals surface area contributed by atoms with Crippen molar-refractivity contribution in [2.45, 2.75) is 19.1 Å². The second-order valence-electron chi connectivity index (χ2n) is 6.54. The first kappa shape index (κ1) is 20.8. The van der Waals surface area contributed by atoms with Gasteiger partial charge in [0.2, 0.25) is 0 Å². The molecule has 0 saturated carbocycles. The molecule has 0 spiro atoms. The Bertz CT molecular complexity index is 894. The number of aliphatic hydroxyl groups excluding tert-OH is 1. The molecule has 0 saturated heterocycles. The summed E-state index contributed by atoms with van der Waals surface area (Å²) in [6.45, 7) is 2.82. The molecule has 0 radical (unpaired) electrons. The van der Waals surface area contributed by atoms with E-state index in [0.29, 0.717) is 23.8 Å². The zero-order chi connectivity index (χ0) is 20.6. The highest BCUT2D eigenvalue weighted by Crippen LogP contribution is 2.32. The molecule has 3 rings (SSSR count). The van der Waals surface area contributed by atoms with Crippen LogP contribution in [0.3, 0.4) is 0 Å². The van der Waals surface area contributed by atoms with Gasteiger partial charge in [-0.15, -0.1) is 0 Å². The van der Waals surface area contributed by atoms with Crippen molar-refractivity contribution in [3.05, 3.63) is 66.6 Å². The molecule has 0 bridgehead atoms. The largest absolute Gasteiger partial charge is 0.493 e. The van der Waals surface area contributed by atoms with Gasteiger partial charge in [0.1, 0.15) is 18.5 Å². The molecule has 0 amide bonds. The summed E-state index contributed by atoms with van der Waals surface area (Å²) in [4.78, 5) is 0. The Kier molecular flexibility index (Phi) is 7.16. The second kappa shape index (κ2) is 10.0. The summed E-state index contributed by atoms with van der Waals surface area (Å²) < 4.78 is 21.9. The highest BCUT2D eigenvalue weighted by molar-refractivity contribution is 5.69. The number of hydrogen-bond donors (Lipinski definition) is 2. The third-order valence-corrected chi connectivity index (χ3v) is 4.70. The zero-order valence-electron chi connectivity index (χ0n) is 16.9. The van der Waals surface area contributed by atoms with E-state index in [4.69, 9.17) is 18.6 Å². The number of methoxy groups -OCH3 is 2. The lowest BCUT2D eigenvalue weighted by Crippen LogP contribution is -2.35. The minimum Gasteiger partial charge on any atom is -0.493 e. The van der Waals surface area contributed by atoms with Crippen molar-refractivity contribution in [3.8, 4) is 28.4 Å². The standard InChI is InChI=1S/C23H27NO5/c1-4-24-23(16-9-10-21(26-2)22(13-16)27-3)19(25)15-29-20-8-6-5-7-18(20)17-11-12-28-14-17/h5-14,19,23-25H,4,15H2,1-3H3. The number of aliphatic hydroxyl groups is 1. The van der Waals surface area contributed by atoms with Crippen molar-refractivity contribution in [3.63, 3.8) is 0 Å². The molecule has 2 unspecified atom stereocenters. The van der Waals surface area contributed by atoms with Crippen molar-refractivity contribution in [2.75, 3.05) is 27.4 Å². The van der Waals surface area contributed by atoms with Crippen LogP contribution in [0, 0.1) is 0 Å². The number of ether oxygens (including phenoxy) is 3. The molecule has 0 aliphatic carbocycles. The lowest BCUT2D eigenvalue weighted by Gasteiger charge is -2.25. The molecule has 2 aromatic carbocycles. The van der Waals surface area contributed by atoms with Crippen LogP contribution in [0.5, 0.6) is 17.2 Å². The lowest BCUT2D eigenvalue weighted by atomic mass is 10.0. The van der Waals surface area contributed by atoms with E-state index in [1.165, 1.54) is 0 Å². The molecule has 0 fully saturated rings. The number of likely N-dealkylation sites (N-methyl/N-ethyl adjacent to an activating group) is 1. The van der Waals surface area contributed by atoms with E-state index in [9.17, 15) is 5.11 Å². The Hall–Kier alpha value is -2.96. The van der Waals surface area contributed by atoms with Crippen molar-refractivity contribution in [1.82, 2.24) is 5.32 Å². The van der Waals surface area contributed by atoms with E-state index in [-0.39, 0.29) is 12.6 Å². The number of furan rings is 1. The van der Waals surface area contributed by atoms with Crippen molar-refractivity contribution in [2.24, 2.45) is 0 Å². The van der Waals surface area contributed by atoms with Crippen molar-refractivity contribution >= 4 is 0 Å². The molecular weight excluding hydrogens is 370 g/mol. The monoisotopic (exact) mass is 397 g/mol. The molecular formula is C23H27NO5. The molecule has 154 valence electrons. The van der Waals surface area contributed by atoms with Crippen LogP contribution in [-0.4, -0.2) is 38.6 Å². The maximum absolute atomic E-state index is 10.9. The Morgan fingerprint density at radius 1 is 1.00 bits per heavy atom. The lowest BCUT2D eigenvalue weighted by molar-refractivity contribution is 0.0735. The first-order chi connectivity index (χ1) is 14.2. The Labute approximate surface area is 171 Å². The topological polar surface area (TPSA) is 73.1 Å². The highest BCUT2D eigenvalue weighted by atomic mass is 16.5. The third-order valence-electron chi connectivity index (χ3n) is 4.70. The van der Waals surface area contributed by atoms with Gasteiger partial charge in [-0.25, -0.2) is 0 Å². The van der Waals surface area contributed by atoms with Crippen LogP contribution >= 0.6 is 0 Å².